The van der Waals surface area contributed by atoms with Gasteiger partial charge in [0.15, 0.2) is 5.65 Å². The molecule has 0 bridgehead atoms. The van der Waals surface area contributed by atoms with Gasteiger partial charge < -0.3 is 4.57 Å². The van der Waals surface area contributed by atoms with Crippen LogP contribution in [0.4, 0.5) is 0 Å². The molecule has 0 radical (unpaired) electrons. The fourth-order valence-corrected chi connectivity index (χ4v) is 3.22. The minimum absolute atomic E-state index is 0.410. The zero-order valence-corrected chi connectivity index (χ0v) is 12.4. The number of hydrogen-bond donors (Lipinski definition) is 1. The summed E-state index contributed by atoms with van der Waals surface area (Å²) >= 11 is 8.68. The second-order valence-corrected chi connectivity index (χ2v) is 5.44. The molecule has 0 unspecified atom stereocenters. The van der Waals surface area contributed by atoms with E-state index in [9.17, 15) is 0 Å². The first kappa shape index (κ1) is 11.8. The number of H-pyrrole nitrogens is 1. The smallest absolute Gasteiger partial charge is 0.215 e. The average Bonchev–Trinajstić information content (AvgIpc) is 2.62. The van der Waals surface area contributed by atoms with Crippen molar-refractivity contribution in [3.63, 3.8) is 0 Å². The number of aryl methyl sites for hydroxylation is 2. The molecule has 0 aliphatic rings. The van der Waals surface area contributed by atoms with E-state index in [1.165, 1.54) is 5.56 Å². The molecule has 2 aromatic heterocycles. The van der Waals surface area contributed by atoms with Crippen LogP contribution in [-0.4, -0.2) is 19.7 Å². The van der Waals surface area contributed by atoms with Gasteiger partial charge in [0.2, 0.25) is 4.77 Å². The van der Waals surface area contributed by atoms with E-state index in [0.717, 1.165) is 33.1 Å². The minimum atomic E-state index is 0.410. The van der Waals surface area contributed by atoms with Crippen molar-refractivity contribution < 1.29 is 0 Å². The first-order chi connectivity index (χ1) is 8.61. The fourth-order valence-electron chi connectivity index (χ4n) is 2.30. The van der Waals surface area contributed by atoms with E-state index in [2.05, 4.69) is 61.7 Å². The van der Waals surface area contributed by atoms with Crippen molar-refractivity contribution in [2.24, 2.45) is 0 Å². The highest BCUT2D eigenvalue weighted by Crippen LogP contribution is 2.32. The van der Waals surface area contributed by atoms with Gasteiger partial charge in [-0.15, -0.1) is 0 Å². The molecule has 3 rings (SSSR count). The van der Waals surface area contributed by atoms with Gasteiger partial charge >= 0.3 is 0 Å². The molecule has 0 aliphatic carbocycles. The summed E-state index contributed by atoms with van der Waals surface area (Å²) in [5.74, 6) is 0. The van der Waals surface area contributed by atoms with Crippen molar-refractivity contribution in [3.8, 4) is 0 Å². The van der Waals surface area contributed by atoms with Gasteiger partial charge in [-0.1, -0.05) is 0 Å². The van der Waals surface area contributed by atoms with Crippen molar-refractivity contribution in [2.75, 3.05) is 0 Å². The summed E-state index contributed by atoms with van der Waals surface area (Å²) in [6, 6.07) is 4.23. The van der Waals surface area contributed by atoms with Crippen molar-refractivity contribution >= 4 is 50.2 Å². The van der Waals surface area contributed by atoms with Crippen LogP contribution in [-0.2, 0) is 6.54 Å². The first-order valence-electron chi connectivity index (χ1n) is 5.66. The Morgan fingerprint density at radius 2 is 2.22 bits per heavy atom. The van der Waals surface area contributed by atoms with E-state index in [1.807, 2.05) is 0 Å². The molecule has 1 aromatic carbocycles. The van der Waals surface area contributed by atoms with Crippen LogP contribution < -0.4 is 0 Å². The Labute approximate surface area is 117 Å². The molecule has 0 aliphatic heterocycles. The monoisotopic (exact) mass is 322 g/mol. The summed E-state index contributed by atoms with van der Waals surface area (Å²) in [7, 11) is 0. The van der Waals surface area contributed by atoms with Crippen molar-refractivity contribution in [2.45, 2.75) is 20.4 Å². The lowest BCUT2D eigenvalue weighted by Gasteiger charge is -2.04. The molecule has 6 heteroatoms. The molecule has 0 amide bonds. The maximum atomic E-state index is 5.06. The molecule has 2 heterocycles. The minimum Gasteiger partial charge on any atom is -0.323 e. The van der Waals surface area contributed by atoms with Crippen LogP contribution in [0.2, 0.25) is 0 Å². The Bertz CT molecular complexity index is 818. The molecule has 4 nitrogen and oxygen atoms in total. The van der Waals surface area contributed by atoms with E-state index in [1.54, 1.807) is 0 Å². The lowest BCUT2D eigenvalue weighted by Crippen LogP contribution is -1.97. The van der Waals surface area contributed by atoms with Gasteiger partial charge in [-0.25, -0.2) is 0 Å². The highest BCUT2D eigenvalue weighted by molar-refractivity contribution is 9.10. The molecule has 0 saturated heterocycles. The number of benzene rings is 1. The molecule has 3 aromatic rings. The topological polar surface area (TPSA) is 46.5 Å². The first-order valence-corrected chi connectivity index (χ1v) is 6.86. The third-order valence-electron chi connectivity index (χ3n) is 2.99. The molecule has 0 saturated carbocycles. The molecular formula is C12H11BrN4S. The van der Waals surface area contributed by atoms with E-state index in [4.69, 9.17) is 12.2 Å². The van der Waals surface area contributed by atoms with Crippen LogP contribution in [0, 0.1) is 11.7 Å². The summed E-state index contributed by atoms with van der Waals surface area (Å²) < 4.78 is 3.60. The number of halogens is 1. The van der Waals surface area contributed by atoms with Gasteiger partial charge in [0.05, 0.1) is 5.52 Å². The van der Waals surface area contributed by atoms with E-state index < -0.39 is 0 Å². The van der Waals surface area contributed by atoms with Gasteiger partial charge in [0.25, 0.3) is 0 Å². The zero-order chi connectivity index (χ0) is 12.9. The molecule has 0 fully saturated rings. The van der Waals surface area contributed by atoms with Gasteiger partial charge in [-0.2, -0.15) is 10.1 Å². The number of rotatable bonds is 1. The van der Waals surface area contributed by atoms with Crippen LogP contribution in [0.25, 0.3) is 22.1 Å². The molecule has 92 valence electrons. The number of aromatic amines is 1. The quantitative estimate of drug-likeness (QED) is 0.694. The van der Waals surface area contributed by atoms with Gasteiger partial charge in [0.1, 0.15) is 5.52 Å². The maximum Gasteiger partial charge on any atom is 0.215 e. The predicted octanol–water partition coefficient (Wildman–Crippen LogP) is 3.73. The number of nitrogens with one attached hydrogen (secondary N) is 1. The van der Waals surface area contributed by atoms with Crippen LogP contribution in [0.1, 0.15) is 12.5 Å². The SMILES string of the molecule is CCn1c2nc(=S)[nH]nc2c2cc(C)cc(Br)c21. The predicted molar refractivity (Wildman–Crippen MR) is 78.3 cm³/mol. The van der Waals surface area contributed by atoms with E-state index >= 15 is 0 Å². The second-order valence-electron chi connectivity index (χ2n) is 4.20. The van der Waals surface area contributed by atoms with Gasteiger partial charge in [-0.3, -0.25) is 5.10 Å². The third kappa shape index (κ3) is 1.59. The Morgan fingerprint density at radius 3 is 2.94 bits per heavy atom. The van der Waals surface area contributed by atoms with Crippen LogP contribution >= 0.6 is 28.1 Å². The number of fused-ring (bicyclic) bond motifs is 3. The van der Waals surface area contributed by atoms with Crippen LogP contribution in [0.5, 0.6) is 0 Å². The van der Waals surface area contributed by atoms with Crippen molar-refractivity contribution in [1.29, 1.82) is 0 Å². The molecule has 0 spiro atoms. The fraction of sp³-hybridized carbons (Fsp3) is 0.250. The summed E-state index contributed by atoms with van der Waals surface area (Å²) in [5, 5.41) is 8.19. The van der Waals surface area contributed by atoms with E-state index in [0.29, 0.717) is 4.77 Å². The zero-order valence-electron chi connectivity index (χ0n) is 9.99. The Morgan fingerprint density at radius 1 is 1.44 bits per heavy atom. The average molecular weight is 323 g/mol. The van der Waals surface area contributed by atoms with Crippen molar-refractivity contribution in [1.82, 2.24) is 19.7 Å². The standard InChI is InChI=1S/C12H11BrN4S/c1-3-17-10-7(4-6(2)5-8(10)13)9-11(17)14-12(18)16-15-9/h4-5H,3H2,1-2H3,(H,14,16,18). The highest BCUT2D eigenvalue weighted by atomic mass is 79.9. The lowest BCUT2D eigenvalue weighted by molar-refractivity contribution is 0.807. The van der Waals surface area contributed by atoms with Crippen molar-refractivity contribution in [3.05, 3.63) is 26.9 Å². The third-order valence-corrected chi connectivity index (χ3v) is 3.77. The number of aromatic nitrogens is 4. The van der Waals surface area contributed by atoms with Gasteiger partial charge in [-0.05, 0) is 59.7 Å². The Balaban J connectivity index is 2.65. The number of hydrogen-bond acceptors (Lipinski definition) is 3. The second kappa shape index (κ2) is 4.13. The summed E-state index contributed by atoms with van der Waals surface area (Å²) in [6.45, 7) is 4.99. The van der Waals surface area contributed by atoms with Gasteiger partial charge in [0, 0.05) is 16.4 Å². The highest BCUT2D eigenvalue weighted by Gasteiger charge is 2.15. The van der Waals surface area contributed by atoms with Crippen LogP contribution in [0.15, 0.2) is 16.6 Å². The summed E-state index contributed by atoms with van der Waals surface area (Å²) in [6.07, 6.45) is 0. The normalized spacial score (nSPS) is 11.5. The Hall–Kier alpha value is -1.27. The van der Waals surface area contributed by atoms with Crippen LogP contribution in [0.3, 0.4) is 0 Å². The van der Waals surface area contributed by atoms with E-state index in [-0.39, 0.29) is 0 Å². The maximum absolute atomic E-state index is 5.06. The largest absolute Gasteiger partial charge is 0.323 e. The number of nitrogens with zero attached hydrogens (tertiary/aromatic N) is 3. The summed E-state index contributed by atoms with van der Waals surface area (Å²) in [5.41, 5.74) is 4.01. The molecule has 18 heavy (non-hydrogen) atoms. The lowest BCUT2D eigenvalue weighted by atomic mass is 10.2. The molecule has 0 atom stereocenters. The Kier molecular flexibility index (Phi) is 2.71. The molecule has 1 N–H and O–H groups in total. The molecular weight excluding hydrogens is 312 g/mol. The summed E-state index contributed by atoms with van der Waals surface area (Å²) in [4.78, 5) is 4.39.